The Morgan fingerprint density at radius 1 is 1.39 bits per heavy atom. The molecule has 0 aliphatic carbocycles. The van der Waals surface area contributed by atoms with Crippen molar-refractivity contribution in [3.05, 3.63) is 35.1 Å². The van der Waals surface area contributed by atoms with Crippen molar-refractivity contribution in [1.29, 1.82) is 0 Å². The Hall–Kier alpha value is -1.97. The van der Waals surface area contributed by atoms with Crippen LogP contribution < -0.4 is 0 Å². The summed E-state index contributed by atoms with van der Waals surface area (Å²) in [5, 5.41) is 3.82. The van der Waals surface area contributed by atoms with Gasteiger partial charge in [0.25, 0.3) is 10.0 Å². The minimum Gasteiger partial charge on any atom is -0.462 e. The van der Waals surface area contributed by atoms with Crippen molar-refractivity contribution < 1.29 is 17.9 Å². The van der Waals surface area contributed by atoms with Crippen molar-refractivity contribution in [3.8, 4) is 5.82 Å². The minimum atomic E-state index is -3.69. The Morgan fingerprint density at radius 3 is 2.70 bits per heavy atom. The second kappa shape index (κ2) is 6.65. The van der Waals surface area contributed by atoms with Gasteiger partial charge in [0, 0.05) is 14.1 Å². The van der Waals surface area contributed by atoms with Gasteiger partial charge in [-0.1, -0.05) is 17.7 Å². The number of pyridine rings is 1. The maximum Gasteiger partial charge on any atom is 0.342 e. The molecule has 0 unspecified atom stereocenters. The summed E-state index contributed by atoms with van der Waals surface area (Å²) < 4.78 is 31.3. The third-order valence-corrected chi connectivity index (χ3v) is 4.96. The monoisotopic (exact) mass is 358 g/mol. The van der Waals surface area contributed by atoms with E-state index in [1.54, 1.807) is 6.92 Å². The van der Waals surface area contributed by atoms with Gasteiger partial charge >= 0.3 is 5.97 Å². The average Bonchev–Trinajstić information content (AvgIpc) is 2.89. The van der Waals surface area contributed by atoms with Crippen molar-refractivity contribution in [3.63, 3.8) is 0 Å². The second-order valence-corrected chi connectivity index (χ2v) is 7.06. The molecule has 0 atom stereocenters. The number of esters is 1. The van der Waals surface area contributed by atoms with E-state index in [0.29, 0.717) is 0 Å². The molecule has 23 heavy (non-hydrogen) atoms. The molecular formula is C13H15ClN4O4S. The lowest BCUT2D eigenvalue weighted by Crippen LogP contribution is -2.23. The molecule has 8 nitrogen and oxygen atoms in total. The quantitative estimate of drug-likeness (QED) is 0.749. The van der Waals surface area contributed by atoms with Gasteiger partial charge in [0.1, 0.15) is 10.7 Å². The van der Waals surface area contributed by atoms with Crippen LogP contribution in [0.3, 0.4) is 0 Å². The van der Waals surface area contributed by atoms with Gasteiger partial charge < -0.3 is 4.74 Å². The molecule has 0 aliphatic rings. The van der Waals surface area contributed by atoms with Gasteiger partial charge in [-0.2, -0.15) is 5.10 Å². The highest BCUT2D eigenvalue weighted by atomic mass is 35.5. The van der Waals surface area contributed by atoms with E-state index >= 15 is 0 Å². The molecule has 2 aromatic rings. The predicted molar refractivity (Wildman–Crippen MR) is 83.2 cm³/mol. The molecule has 0 saturated heterocycles. The largest absolute Gasteiger partial charge is 0.462 e. The first-order chi connectivity index (χ1) is 10.8. The SMILES string of the molecule is CCOC(=O)c1cnn(-c2cccc(S(=O)(=O)N(C)C)n2)c1Cl. The normalized spacial score (nSPS) is 11.7. The van der Waals surface area contributed by atoms with Crippen LogP contribution in [0.4, 0.5) is 0 Å². The van der Waals surface area contributed by atoms with Gasteiger partial charge in [-0.3, -0.25) is 0 Å². The van der Waals surface area contributed by atoms with Gasteiger partial charge in [0.15, 0.2) is 10.8 Å². The molecule has 10 heteroatoms. The van der Waals surface area contributed by atoms with Crippen LogP contribution >= 0.6 is 11.6 Å². The van der Waals surface area contributed by atoms with E-state index in [1.165, 1.54) is 43.2 Å². The van der Waals surface area contributed by atoms with E-state index < -0.39 is 16.0 Å². The number of ether oxygens (including phenoxy) is 1. The van der Waals surface area contributed by atoms with Crippen LogP contribution in [0.5, 0.6) is 0 Å². The molecule has 0 N–H and O–H groups in total. The first-order valence-corrected chi connectivity index (χ1v) is 8.41. The number of hydrogen-bond acceptors (Lipinski definition) is 6. The van der Waals surface area contributed by atoms with Crippen LogP contribution in [0.15, 0.2) is 29.4 Å². The second-order valence-electron chi connectivity index (χ2n) is 4.60. The van der Waals surface area contributed by atoms with Crippen LogP contribution in [0.2, 0.25) is 5.15 Å². The summed E-state index contributed by atoms with van der Waals surface area (Å²) in [6.07, 6.45) is 1.25. The number of sulfonamides is 1. The van der Waals surface area contributed by atoms with E-state index in [2.05, 4.69) is 10.1 Å². The standard InChI is InChI=1S/C13H15ClN4O4S/c1-4-22-13(19)9-8-15-18(12(9)14)10-6-5-7-11(16-10)23(20,21)17(2)3/h5-8H,4H2,1-3H3. The maximum absolute atomic E-state index is 12.1. The van der Waals surface area contributed by atoms with Crippen molar-refractivity contribution in [2.24, 2.45) is 0 Å². The number of aromatic nitrogens is 3. The molecule has 0 radical (unpaired) electrons. The summed E-state index contributed by atoms with van der Waals surface area (Å²) in [6, 6.07) is 4.41. The highest BCUT2D eigenvalue weighted by Crippen LogP contribution is 2.21. The number of hydrogen-bond donors (Lipinski definition) is 0. The van der Waals surface area contributed by atoms with E-state index in [9.17, 15) is 13.2 Å². The Labute approximate surface area is 138 Å². The van der Waals surface area contributed by atoms with Gasteiger partial charge in [0.2, 0.25) is 0 Å². The first-order valence-electron chi connectivity index (χ1n) is 6.59. The van der Waals surface area contributed by atoms with E-state index in [-0.39, 0.29) is 28.2 Å². The molecule has 0 fully saturated rings. The molecular weight excluding hydrogens is 344 g/mol. The van der Waals surface area contributed by atoms with Crippen molar-refractivity contribution in [2.75, 3.05) is 20.7 Å². The summed E-state index contributed by atoms with van der Waals surface area (Å²) in [7, 11) is -0.880. The first kappa shape index (κ1) is 17.4. The zero-order valence-electron chi connectivity index (χ0n) is 12.7. The molecule has 0 amide bonds. The fraction of sp³-hybridized carbons (Fsp3) is 0.308. The van der Waals surface area contributed by atoms with E-state index in [0.717, 1.165) is 4.31 Å². The molecule has 2 aromatic heterocycles. The lowest BCUT2D eigenvalue weighted by Gasteiger charge is -2.11. The van der Waals surface area contributed by atoms with Crippen LogP contribution in [0.25, 0.3) is 5.82 Å². The molecule has 2 heterocycles. The maximum atomic E-state index is 12.1. The number of halogens is 1. The number of carbonyl (C=O) groups is 1. The smallest absolute Gasteiger partial charge is 0.342 e. The Kier molecular flexibility index (Phi) is 5.03. The minimum absolute atomic E-state index is 0.00430. The van der Waals surface area contributed by atoms with Gasteiger partial charge in [-0.05, 0) is 19.1 Å². The summed E-state index contributed by atoms with van der Waals surface area (Å²) in [5.41, 5.74) is 0.0798. The summed E-state index contributed by atoms with van der Waals surface area (Å²) in [4.78, 5) is 15.8. The van der Waals surface area contributed by atoms with E-state index in [4.69, 9.17) is 16.3 Å². The molecule has 2 rings (SSSR count). The van der Waals surface area contributed by atoms with Gasteiger partial charge in [-0.25, -0.2) is 27.2 Å². The summed E-state index contributed by atoms with van der Waals surface area (Å²) in [6.45, 7) is 1.88. The molecule has 0 saturated carbocycles. The van der Waals surface area contributed by atoms with Crippen LogP contribution in [-0.2, 0) is 14.8 Å². The van der Waals surface area contributed by atoms with E-state index in [1.807, 2.05) is 0 Å². The van der Waals surface area contributed by atoms with Crippen molar-refractivity contribution >= 4 is 27.6 Å². The lowest BCUT2D eigenvalue weighted by atomic mass is 10.4. The average molecular weight is 359 g/mol. The zero-order chi connectivity index (χ0) is 17.2. The summed E-state index contributed by atoms with van der Waals surface area (Å²) in [5.74, 6) is -0.436. The zero-order valence-corrected chi connectivity index (χ0v) is 14.3. The van der Waals surface area contributed by atoms with Crippen LogP contribution in [-0.4, -0.2) is 54.2 Å². The molecule has 0 aromatic carbocycles. The highest BCUT2D eigenvalue weighted by Gasteiger charge is 2.22. The van der Waals surface area contributed by atoms with Crippen LogP contribution in [0.1, 0.15) is 17.3 Å². The molecule has 0 aliphatic heterocycles. The predicted octanol–water partition coefficient (Wildman–Crippen LogP) is 1.35. The number of nitrogens with zero attached hydrogens (tertiary/aromatic N) is 4. The highest BCUT2D eigenvalue weighted by molar-refractivity contribution is 7.89. The molecule has 124 valence electrons. The Bertz CT molecular complexity index is 832. The third kappa shape index (κ3) is 3.36. The molecule has 0 bridgehead atoms. The molecule has 0 spiro atoms. The van der Waals surface area contributed by atoms with Gasteiger partial charge in [0.05, 0.1) is 12.8 Å². The Balaban J connectivity index is 2.47. The van der Waals surface area contributed by atoms with Gasteiger partial charge in [-0.15, -0.1) is 0 Å². The van der Waals surface area contributed by atoms with Crippen molar-refractivity contribution in [1.82, 2.24) is 19.1 Å². The van der Waals surface area contributed by atoms with Crippen molar-refractivity contribution in [2.45, 2.75) is 11.9 Å². The summed E-state index contributed by atoms with van der Waals surface area (Å²) >= 11 is 6.12. The fourth-order valence-corrected chi connectivity index (χ4v) is 2.78. The Morgan fingerprint density at radius 2 is 2.09 bits per heavy atom. The lowest BCUT2D eigenvalue weighted by molar-refractivity contribution is 0.0526. The third-order valence-electron chi connectivity index (χ3n) is 2.88. The number of carbonyl (C=O) groups excluding carboxylic acids is 1. The topological polar surface area (TPSA) is 94.4 Å². The fourth-order valence-electron chi connectivity index (χ4n) is 1.69. The number of rotatable bonds is 5. The van der Waals surface area contributed by atoms with Crippen LogP contribution in [0, 0.1) is 0 Å².